The molecule has 0 aliphatic carbocycles. The minimum absolute atomic E-state index is 0.140. The first-order chi connectivity index (χ1) is 6.52. The van der Waals surface area contributed by atoms with Crippen LogP contribution < -0.4 is 11.1 Å². The summed E-state index contributed by atoms with van der Waals surface area (Å²) in [5, 5.41) is 18.6. The molecule has 1 atom stereocenters. The number of rotatable bonds is 4. The van der Waals surface area contributed by atoms with Crippen LogP contribution in [0.3, 0.4) is 0 Å². The topological polar surface area (TPSA) is 127 Å². The fourth-order valence-corrected chi connectivity index (χ4v) is 0.829. The molecule has 0 saturated carbocycles. The number of nitrogens with one attached hydrogen (secondary N) is 2. The lowest BCUT2D eigenvalue weighted by Gasteiger charge is -2.08. The third-order valence-electron chi connectivity index (χ3n) is 1.60. The lowest BCUT2D eigenvalue weighted by molar-refractivity contribution is -0.388. The summed E-state index contributed by atoms with van der Waals surface area (Å²) in [7, 11) is 0. The van der Waals surface area contributed by atoms with Crippen LogP contribution in [0.2, 0.25) is 0 Å². The summed E-state index contributed by atoms with van der Waals surface area (Å²) in [5.74, 6) is -0.890. The van der Waals surface area contributed by atoms with Gasteiger partial charge in [-0.05, 0) is 11.8 Å². The summed E-state index contributed by atoms with van der Waals surface area (Å²) in [6.45, 7) is 1.50. The molecule has 1 aromatic rings. The third kappa shape index (κ3) is 1.97. The van der Waals surface area contributed by atoms with Gasteiger partial charge in [-0.2, -0.15) is 0 Å². The largest absolute Gasteiger partial charge is 0.368 e. The van der Waals surface area contributed by atoms with Crippen LogP contribution in [0.5, 0.6) is 0 Å². The zero-order valence-electron chi connectivity index (χ0n) is 7.35. The molecule has 0 bridgehead atoms. The van der Waals surface area contributed by atoms with Crippen LogP contribution in [0.1, 0.15) is 6.92 Å². The van der Waals surface area contributed by atoms with Crippen LogP contribution in [0.25, 0.3) is 0 Å². The van der Waals surface area contributed by atoms with Crippen LogP contribution in [0.4, 0.5) is 11.5 Å². The summed E-state index contributed by atoms with van der Waals surface area (Å²) in [5.41, 5.74) is 5.12. The van der Waals surface area contributed by atoms with Crippen molar-refractivity contribution in [2.24, 2.45) is 5.73 Å². The Kier molecular flexibility index (Phi) is 2.65. The Morgan fingerprint density at radius 1 is 1.86 bits per heavy atom. The molecule has 1 rings (SSSR count). The number of nitro groups is 1. The van der Waals surface area contributed by atoms with E-state index in [0.717, 1.165) is 0 Å². The number of aromatic amines is 1. The van der Waals surface area contributed by atoms with E-state index in [1.165, 1.54) is 13.1 Å². The highest BCUT2D eigenvalue weighted by Gasteiger charge is 2.18. The first kappa shape index (κ1) is 9.96. The molecule has 0 spiro atoms. The Balaban J connectivity index is 2.81. The van der Waals surface area contributed by atoms with Crippen LogP contribution in [0.15, 0.2) is 6.20 Å². The molecule has 0 aromatic carbocycles. The van der Waals surface area contributed by atoms with Crippen molar-refractivity contribution < 1.29 is 9.72 Å². The highest BCUT2D eigenvalue weighted by atomic mass is 16.6. The smallest absolute Gasteiger partial charge is 0.366 e. The second-order valence-electron chi connectivity index (χ2n) is 2.66. The molecule has 1 unspecified atom stereocenters. The van der Waals surface area contributed by atoms with Crippen LogP contribution >= 0.6 is 0 Å². The predicted octanol–water partition coefficient (Wildman–Crippen LogP) is -0.396. The van der Waals surface area contributed by atoms with Gasteiger partial charge in [0.25, 0.3) is 0 Å². The first-order valence-electron chi connectivity index (χ1n) is 3.76. The van der Waals surface area contributed by atoms with Gasteiger partial charge in [0.1, 0.15) is 12.2 Å². The summed E-state index contributed by atoms with van der Waals surface area (Å²) >= 11 is 0. The molecule has 0 aliphatic heterocycles. The molecule has 76 valence electrons. The summed E-state index contributed by atoms with van der Waals surface area (Å²) in [6, 6.07) is -0.689. The molecule has 1 heterocycles. The van der Waals surface area contributed by atoms with E-state index in [1.807, 2.05) is 0 Å². The van der Waals surface area contributed by atoms with E-state index >= 15 is 0 Å². The average Bonchev–Trinajstić information content (AvgIpc) is 2.52. The molecular formula is C6H9N5O3. The maximum atomic E-state index is 10.7. The molecule has 0 aliphatic rings. The van der Waals surface area contributed by atoms with E-state index in [9.17, 15) is 14.9 Å². The SMILES string of the molecule is CC(Nc1cn[nH]c1[N+](=O)[O-])C(N)=O. The van der Waals surface area contributed by atoms with Crippen molar-refractivity contribution >= 4 is 17.4 Å². The molecule has 4 N–H and O–H groups in total. The molecule has 1 aromatic heterocycles. The molecular weight excluding hydrogens is 190 g/mol. The highest BCUT2D eigenvalue weighted by Crippen LogP contribution is 2.20. The van der Waals surface area contributed by atoms with E-state index in [2.05, 4.69) is 15.5 Å². The van der Waals surface area contributed by atoms with Crippen molar-refractivity contribution in [3.05, 3.63) is 16.3 Å². The zero-order chi connectivity index (χ0) is 10.7. The van der Waals surface area contributed by atoms with Gasteiger partial charge in [-0.15, -0.1) is 5.10 Å². The Morgan fingerprint density at radius 3 is 3.00 bits per heavy atom. The second kappa shape index (κ2) is 3.73. The summed E-state index contributed by atoms with van der Waals surface area (Å²) < 4.78 is 0. The maximum Gasteiger partial charge on any atom is 0.366 e. The first-order valence-corrected chi connectivity index (χ1v) is 3.76. The van der Waals surface area contributed by atoms with Gasteiger partial charge in [0.15, 0.2) is 5.69 Å². The third-order valence-corrected chi connectivity index (χ3v) is 1.60. The molecule has 0 radical (unpaired) electrons. The lowest BCUT2D eigenvalue weighted by Crippen LogP contribution is -2.32. The van der Waals surface area contributed by atoms with Crippen molar-refractivity contribution in [2.75, 3.05) is 5.32 Å². The van der Waals surface area contributed by atoms with Gasteiger partial charge in [-0.3, -0.25) is 4.79 Å². The van der Waals surface area contributed by atoms with Gasteiger partial charge in [0, 0.05) is 0 Å². The Labute approximate surface area is 78.6 Å². The summed E-state index contributed by atoms with van der Waals surface area (Å²) in [6.07, 6.45) is 1.22. The van der Waals surface area contributed by atoms with Gasteiger partial charge in [-0.1, -0.05) is 5.10 Å². The number of nitrogens with two attached hydrogens (primary N) is 1. The number of carbonyl (C=O) groups excluding carboxylic acids is 1. The minimum Gasteiger partial charge on any atom is -0.368 e. The van der Waals surface area contributed by atoms with Crippen LogP contribution in [0, 0.1) is 10.1 Å². The number of aromatic nitrogens is 2. The predicted molar refractivity (Wildman–Crippen MR) is 47.5 cm³/mol. The Morgan fingerprint density at radius 2 is 2.50 bits per heavy atom. The number of amides is 1. The molecule has 0 saturated heterocycles. The van der Waals surface area contributed by atoms with Crippen LogP contribution in [-0.2, 0) is 4.79 Å². The van der Waals surface area contributed by atoms with E-state index in [-0.39, 0.29) is 11.5 Å². The average molecular weight is 199 g/mol. The van der Waals surface area contributed by atoms with Crippen molar-refractivity contribution in [1.29, 1.82) is 0 Å². The van der Waals surface area contributed by atoms with Crippen molar-refractivity contribution in [3.8, 4) is 0 Å². The van der Waals surface area contributed by atoms with Gasteiger partial charge < -0.3 is 21.2 Å². The fraction of sp³-hybridized carbons (Fsp3) is 0.333. The van der Waals surface area contributed by atoms with Gasteiger partial charge in [-0.25, -0.2) is 0 Å². The van der Waals surface area contributed by atoms with Crippen molar-refractivity contribution in [1.82, 2.24) is 10.2 Å². The molecule has 0 fully saturated rings. The number of H-pyrrole nitrogens is 1. The van der Waals surface area contributed by atoms with E-state index < -0.39 is 16.9 Å². The molecule has 1 amide bonds. The highest BCUT2D eigenvalue weighted by molar-refractivity contribution is 5.83. The lowest BCUT2D eigenvalue weighted by atomic mass is 10.3. The zero-order valence-corrected chi connectivity index (χ0v) is 7.35. The number of nitrogens with zero attached hydrogens (tertiary/aromatic N) is 2. The second-order valence-corrected chi connectivity index (χ2v) is 2.66. The number of hydrogen-bond acceptors (Lipinski definition) is 5. The monoisotopic (exact) mass is 199 g/mol. The quantitative estimate of drug-likeness (QED) is 0.449. The molecule has 8 nitrogen and oxygen atoms in total. The van der Waals surface area contributed by atoms with Crippen molar-refractivity contribution in [3.63, 3.8) is 0 Å². The number of anilines is 1. The van der Waals surface area contributed by atoms with Crippen LogP contribution in [-0.4, -0.2) is 27.1 Å². The maximum absolute atomic E-state index is 10.7. The van der Waals surface area contributed by atoms with E-state index in [4.69, 9.17) is 5.73 Å². The normalized spacial score (nSPS) is 12.1. The van der Waals surface area contributed by atoms with E-state index in [0.29, 0.717) is 0 Å². The Bertz CT molecular complexity index is 360. The molecule has 14 heavy (non-hydrogen) atoms. The Hall–Kier alpha value is -2.12. The molecule has 8 heteroatoms. The van der Waals surface area contributed by atoms with Gasteiger partial charge >= 0.3 is 5.82 Å². The minimum atomic E-state index is -0.689. The van der Waals surface area contributed by atoms with E-state index in [1.54, 1.807) is 0 Å². The van der Waals surface area contributed by atoms with Gasteiger partial charge in [0.05, 0.1) is 0 Å². The van der Waals surface area contributed by atoms with Gasteiger partial charge in [0.2, 0.25) is 5.91 Å². The number of primary amides is 1. The number of hydrogen-bond donors (Lipinski definition) is 3. The standard InChI is InChI=1S/C6H9N5O3/c1-3(5(7)12)9-4-2-8-10-6(4)11(13)14/h2-3,9H,1H3,(H2,7,12)(H,8,10). The van der Waals surface area contributed by atoms with Crippen molar-refractivity contribution in [2.45, 2.75) is 13.0 Å². The number of carbonyl (C=O) groups is 1. The summed E-state index contributed by atoms with van der Waals surface area (Å²) in [4.78, 5) is 20.4. The fourth-order valence-electron chi connectivity index (χ4n) is 0.829.